The number of H-pyrrole nitrogens is 1. The number of methoxy groups -OCH3 is 2. The van der Waals surface area contributed by atoms with Crippen LogP contribution in [0.2, 0.25) is 0 Å². The number of ether oxygens (including phenoxy) is 2. The number of rotatable bonds is 8. The zero-order valence-corrected chi connectivity index (χ0v) is 10.8. The number of hydrogen-bond acceptors (Lipinski definition) is 5. The molecule has 1 heterocycles. The smallest absolute Gasteiger partial charge is 0.259 e. The molecular formula is C11H20N4O3. The van der Waals surface area contributed by atoms with E-state index in [0.29, 0.717) is 31.9 Å². The summed E-state index contributed by atoms with van der Waals surface area (Å²) in [6, 6.07) is 0. The van der Waals surface area contributed by atoms with Crippen LogP contribution in [0.5, 0.6) is 0 Å². The van der Waals surface area contributed by atoms with Gasteiger partial charge in [-0.1, -0.05) is 0 Å². The lowest BCUT2D eigenvalue weighted by molar-refractivity contribution is 0.0675. The minimum atomic E-state index is -0.144. The molecule has 0 aliphatic carbocycles. The number of anilines is 1. The lowest BCUT2D eigenvalue weighted by Gasteiger charge is -2.21. The normalized spacial score (nSPS) is 10.6. The van der Waals surface area contributed by atoms with Gasteiger partial charge >= 0.3 is 0 Å². The van der Waals surface area contributed by atoms with Crippen molar-refractivity contribution in [1.82, 2.24) is 15.1 Å². The summed E-state index contributed by atoms with van der Waals surface area (Å²) in [7, 11) is 3.24. The Kier molecular flexibility index (Phi) is 6.16. The summed E-state index contributed by atoms with van der Waals surface area (Å²) in [5.74, 6) is 0.142. The number of nitrogens with zero attached hydrogens (tertiary/aromatic N) is 2. The number of nitrogen functional groups attached to an aromatic ring is 1. The molecule has 0 atom stereocenters. The van der Waals surface area contributed by atoms with Gasteiger partial charge < -0.3 is 20.1 Å². The monoisotopic (exact) mass is 256 g/mol. The average molecular weight is 256 g/mol. The fourth-order valence-electron chi connectivity index (χ4n) is 1.55. The van der Waals surface area contributed by atoms with Crippen molar-refractivity contribution in [2.24, 2.45) is 0 Å². The highest BCUT2D eigenvalue weighted by molar-refractivity contribution is 5.98. The molecule has 0 aliphatic heterocycles. The number of carbonyl (C=O) groups excluding carboxylic acids is 1. The van der Waals surface area contributed by atoms with Crippen molar-refractivity contribution in [2.45, 2.75) is 6.42 Å². The molecule has 102 valence electrons. The summed E-state index contributed by atoms with van der Waals surface area (Å²) >= 11 is 0. The van der Waals surface area contributed by atoms with Crippen molar-refractivity contribution in [3.05, 3.63) is 11.8 Å². The maximum absolute atomic E-state index is 12.2. The number of aromatic nitrogens is 2. The summed E-state index contributed by atoms with van der Waals surface area (Å²) in [6.07, 6.45) is 2.21. The predicted molar refractivity (Wildman–Crippen MR) is 67.3 cm³/mol. The van der Waals surface area contributed by atoms with Gasteiger partial charge in [-0.25, -0.2) is 0 Å². The van der Waals surface area contributed by atoms with E-state index in [1.165, 1.54) is 6.20 Å². The molecule has 0 saturated carbocycles. The zero-order chi connectivity index (χ0) is 13.4. The Morgan fingerprint density at radius 3 is 2.67 bits per heavy atom. The first-order chi connectivity index (χ1) is 8.70. The second-order valence-corrected chi connectivity index (χ2v) is 3.83. The first-order valence-corrected chi connectivity index (χ1v) is 5.76. The van der Waals surface area contributed by atoms with Crippen molar-refractivity contribution in [2.75, 3.05) is 46.3 Å². The lowest BCUT2D eigenvalue weighted by atomic mass is 10.2. The topological polar surface area (TPSA) is 93.5 Å². The van der Waals surface area contributed by atoms with Gasteiger partial charge in [0.25, 0.3) is 5.91 Å². The minimum absolute atomic E-state index is 0.144. The Morgan fingerprint density at radius 2 is 2.11 bits per heavy atom. The highest BCUT2D eigenvalue weighted by Gasteiger charge is 2.18. The third kappa shape index (κ3) is 4.01. The number of aromatic amines is 1. The van der Waals surface area contributed by atoms with Crippen LogP contribution in [0.25, 0.3) is 0 Å². The fourth-order valence-corrected chi connectivity index (χ4v) is 1.55. The van der Waals surface area contributed by atoms with Crippen LogP contribution in [-0.4, -0.2) is 61.5 Å². The van der Waals surface area contributed by atoms with E-state index in [2.05, 4.69) is 10.2 Å². The predicted octanol–water partition coefficient (Wildman–Crippen LogP) is 0.117. The quantitative estimate of drug-likeness (QED) is 0.644. The van der Waals surface area contributed by atoms with E-state index in [0.717, 1.165) is 6.42 Å². The SMILES string of the molecule is COCCCN(CCOC)C(=O)c1cn[nH]c1N. The maximum atomic E-state index is 12.2. The average Bonchev–Trinajstić information content (AvgIpc) is 2.79. The van der Waals surface area contributed by atoms with Gasteiger partial charge in [0.1, 0.15) is 11.4 Å². The molecule has 0 spiro atoms. The Hall–Kier alpha value is -1.60. The van der Waals surface area contributed by atoms with Gasteiger partial charge in [-0.15, -0.1) is 0 Å². The Bertz CT molecular complexity index is 367. The highest BCUT2D eigenvalue weighted by atomic mass is 16.5. The summed E-state index contributed by atoms with van der Waals surface area (Å²) in [5, 5.41) is 6.30. The van der Waals surface area contributed by atoms with E-state index in [9.17, 15) is 4.79 Å². The molecule has 0 radical (unpaired) electrons. The summed E-state index contributed by atoms with van der Waals surface area (Å²) in [5.41, 5.74) is 6.03. The zero-order valence-electron chi connectivity index (χ0n) is 10.8. The molecule has 7 nitrogen and oxygen atoms in total. The van der Waals surface area contributed by atoms with Gasteiger partial charge in [0, 0.05) is 33.9 Å². The molecule has 0 aliphatic rings. The third-order valence-corrected chi connectivity index (χ3v) is 2.53. The van der Waals surface area contributed by atoms with Gasteiger partial charge in [-0.2, -0.15) is 5.10 Å². The molecule has 1 aromatic rings. The molecule has 0 fully saturated rings. The molecule has 0 unspecified atom stereocenters. The van der Waals surface area contributed by atoms with E-state index in [1.54, 1.807) is 19.1 Å². The third-order valence-electron chi connectivity index (χ3n) is 2.53. The molecule has 1 aromatic heterocycles. The van der Waals surface area contributed by atoms with Crippen LogP contribution in [0.4, 0.5) is 5.82 Å². The number of carbonyl (C=O) groups is 1. The second kappa shape index (κ2) is 7.67. The molecule has 18 heavy (non-hydrogen) atoms. The molecular weight excluding hydrogens is 236 g/mol. The molecule has 7 heteroatoms. The van der Waals surface area contributed by atoms with Crippen molar-refractivity contribution in [1.29, 1.82) is 0 Å². The summed E-state index contributed by atoms with van der Waals surface area (Å²) < 4.78 is 9.98. The maximum Gasteiger partial charge on any atom is 0.259 e. The van der Waals surface area contributed by atoms with Crippen molar-refractivity contribution in [3.63, 3.8) is 0 Å². The molecule has 0 bridgehead atoms. The summed E-state index contributed by atoms with van der Waals surface area (Å²) in [4.78, 5) is 13.9. The second-order valence-electron chi connectivity index (χ2n) is 3.83. The summed E-state index contributed by atoms with van der Waals surface area (Å²) in [6.45, 7) is 2.21. The van der Waals surface area contributed by atoms with E-state index in [1.807, 2.05) is 0 Å². The van der Waals surface area contributed by atoms with Crippen molar-refractivity contribution in [3.8, 4) is 0 Å². The van der Waals surface area contributed by atoms with Crippen molar-refractivity contribution < 1.29 is 14.3 Å². The number of hydrogen-bond donors (Lipinski definition) is 2. The molecule has 0 saturated heterocycles. The van der Waals surface area contributed by atoms with Crippen molar-refractivity contribution >= 4 is 11.7 Å². The van der Waals surface area contributed by atoms with Gasteiger partial charge in [0.15, 0.2) is 0 Å². The Morgan fingerprint density at radius 1 is 1.39 bits per heavy atom. The van der Waals surface area contributed by atoms with E-state index in [-0.39, 0.29) is 11.7 Å². The van der Waals surface area contributed by atoms with Gasteiger partial charge in [0.2, 0.25) is 0 Å². The first kappa shape index (κ1) is 14.5. The molecule has 1 rings (SSSR count). The fraction of sp³-hybridized carbons (Fsp3) is 0.636. The van der Waals surface area contributed by atoms with Gasteiger partial charge in [-0.05, 0) is 6.42 Å². The van der Waals surface area contributed by atoms with Crippen LogP contribution in [0, 0.1) is 0 Å². The highest BCUT2D eigenvalue weighted by Crippen LogP contribution is 2.10. The van der Waals surface area contributed by atoms with Gasteiger partial charge in [0.05, 0.1) is 12.8 Å². The standard InChI is InChI=1S/C11H20N4O3/c1-17-6-3-4-15(5-7-18-2)11(16)9-8-13-14-10(9)12/h8H,3-7H2,1-2H3,(H3,12,13,14). The van der Waals surface area contributed by atoms with Crippen LogP contribution < -0.4 is 5.73 Å². The van der Waals surface area contributed by atoms with Crippen LogP contribution in [0.1, 0.15) is 16.8 Å². The van der Waals surface area contributed by atoms with Crippen LogP contribution in [0.3, 0.4) is 0 Å². The molecule has 1 amide bonds. The number of nitrogens with one attached hydrogen (secondary N) is 1. The van der Waals surface area contributed by atoms with Crippen LogP contribution in [0.15, 0.2) is 6.20 Å². The number of amides is 1. The van der Waals surface area contributed by atoms with Crippen LogP contribution in [-0.2, 0) is 9.47 Å². The van der Waals surface area contributed by atoms with E-state index in [4.69, 9.17) is 15.2 Å². The first-order valence-electron chi connectivity index (χ1n) is 5.76. The Labute approximate surface area is 106 Å². The van der Waals surface area contributed by atoms with E-state index < -0.39 is 0 Å². The van der Waals surface area contributed by atoms with E-state index >= 15 is 0 Å². The molecule has 3 N–H and O–H groups in total. The van der Waals surface area contributed by atoms with Gasteiger partial charge in [-0.3, -0.25) is 9.89 Å². The molecule has 0 aromatic carbocycles. The minimum Gasteiger partial charge on any atom is -0.385 e. The Balaban J connectivity index is 2.63. The lowest BCUT2D eigenvalue weighted by Crippen LogP contribution is -2.35. The van der Waals surface area contributed by atoms with Crippen LogP contribution >= 0.6 is 0 Å². The largest absolute Gasteiger partial charge is 0.385 e. The number of nitrogens with two attached hydrogens (primary N) is 1.